The topological polar surface area (TPSA) is 0 Å². The fraction of sp³-hybridized carbons (Fsp3) is 0.302. The van der Waals surface area contributed by atoms with Gasteiger partial charge in [-0.1, -0.05) is 195 Å². The molecule has 5 rings (SSSR count). The van der Waals surface area contributed by atoms with Crippen LogP contribution < -0.4 is 21.9 Å². The minimum Gasteiger partial charge on any atom is -0.195 e. The summed E-state index contributed by atoms with van der Waals surface area (Å²) in [6.45, 7) is 21.7. The molecule has 0 aliphatic rings. The molecule has 0 nitrogen and oxygen atoms in total. The summed E-state index contributed by atoms with van der Waals surface area (Å²) in [4.78, 5) is 0. The molecule has 0 heterocycles. The van der Waals surface area contributed by atoms with E-state index in [-0.39, 0.29) is 26.1 Å². The van der Waals surface area contributed by atoms with E-state index in [4.69, 9.17) is 0 Å². The lowest BCUT2D eigenvalue weighted by molar-refractivity contribution is 0.495. The summed E-state index contributed by atoms with van der Waals surface area (Å²) >= 11 is 0. The number of rotatable bonds is 6. The molecule has 0 aliphatic carbocycles. The maximum atomic E-state index is 2.64. The average Bonchev–Trinajstić information content (AvgIpc) is 2.98. The Balaban J connectivity index is 0.00000461. The van der Waals surface area contributed by atoms with Crippen LogP contribution in [0.4, 0.5) is 0 Å². The third-order valence-corrected chi connectivity index (χ3v) is 9.37. The molecule has 5 aromatic carbocycles. The van der Waals surface area contributed by atoms with Gasteiger partial charge in [0.25, 0.3) is 0 Å². The van der Waals surface area contributed by atoms with Crippen LogP contribution in [0.5, 0.6) is 0 Å². The van der Waals surface area contributed by atoms with Crippen LogP contribution in [0.3, 0.4) is 0 Å². The Morgan fingerprint density at radius 1 is 0.444 bits per heavy atom. The normalized spacial score (nSPS) is 12.5. The second-order valence-corrected chi connectivity index (χ2v) is 15.8. The highest BCUT2D eigenvalue weighted by atomic mass is 31.0. The van der Waals surface area contributed by atoms with Crippen LogP contribution in [0.15, 0.2) is 127 Å². The van der Waals surface area contributed by atoms with Crippen molar-refractivity contribution in [3.8, 4) is 0 Å². The van der Waals surface area contributed by atoms with Crippen molar-refractivity contribution >= 4 is 37.9 Å². The molecule has 0 aromatic heterocycles. The van der Waals surface area contributed by atoms with Gasteiger partial charge in [0, 0.05) is 0 Å². The molecule has 1 atom stereocenters. The molecule has 0 saturated carbocycles. The molecule has 0 bridgehead atoms. The van der Waals surface area contributed by atoms with Crippen molar-refractivity contribution in [3.05, 3.63) is 155 Å². The predicted molar refractivity (Wildman–Crippen MR) is 208 cm³/mol. The van der Waals surface area contributed by atoms with Crippen LogP contribution in [0.1, 0.15) is 90.1 Å². The molecule has 0 aliphatic heterocycles. The van der Waals surface area contributed by atoms with Gasteiger partial charge >= 0.3 is 0 Å². The van der Waals surface area contributed by atoms with Crippen molar-refractivity contribution in [2.45, 2.75) is 85.0 Å². The minimum atomic E-state index is -1.55. The van der Waals surface area contributed by atoms with Crippen molar-refractivity contribution in [3.63, 3.8) is 0 Å². The Hall–Kier alpha value is -3.41. The number of hydrogen-bond donors (Lipinski definition) is 0. The molecule has 0 N–H and O–H groups in total. The summed E-state index contributed by atoms with van der Waals surface area (Å²) in [7, 11) is 0. The van der Waals surface area contributed by atoms with E-state index >= 15 is 0 Å². The van der Waals surface area contributed by atoms with Gasteiger partial charge < -0.3 is 0 Å². The quantitative estimate of drug-likeness (QED) is 0.134. The highest BCUT2D eigenvalue weighted by Crippen LogP contribution is 2.43. The first-order chi connectivity index (χ1) is 20.8. The van der Waals surface area contributed by atoms with Crippen LogP contribution in [-0.4, -0.2) is 6.15 Å². The summed E-state index contributed by atoms with van der Waals surface area (Å²) < 4.78 is 0. The van der Waals surface area contributed by atoms with E-state index in [0.29, 0.717) is 0 Å². The summed E-state index contributed by atoms with van der Waals surface area (Å²) in [6, 6.07) is 47.6. The fourth-order valence-electron chi connectivity index (χ4n) is 7.66. The zero-order chi connectivity index (χ0) is 31.8. The molecule has 2 heteroatoms. The van der Waals surface area contributed by atoms with Gasteiger partial charge in [0.2, 0.25) is 0 Å². The van der Waals surface area contributed by atoms with E-state index in [9.17, 15) is 0 Å². The smallest absolute Gasteiger partial charge is 0.108 e. The van der Waals surface area contributed by atoms with Crippen molar-refractivity contribution < 1.29 is 0 Å². The van der Waals surface area contributed by atoms with Crippen molar-refractivity contribution in [2.24, 2.45) is 0 Å². The molecule has 1 unspecified atom stereocenters. The third-order valence-electron chi connectivity index (χ3n) is 9.37. The van der Waals surface area contributed by atoms with E-state index in [1.807, 2.05) is 0 Å². The lowest BCUT2D eigenvalue weighted by atomic mass is 9.12. The Morgan fingerprint density at radius 2 is 0.800 bits per heavy atom. The summed E-state index contributed by atoms with van der Waals surface area (Å²) in [5.41, 5.74) is 12.6. The molecule has 0 spiro atoms. The molecular weight excluding hydrogens is 558 g/mol. The second kappa shape index (κ2) is 13.1. The molecular formula is C43H54BP. The molecule has 234 valence electrons. The average molecular weight is 613 g/mol. The minimum absolute atomic E-state index is 0. The van der Waals surface area contributed by atoms with Gasteiger partial charge in [0.1, 0.15) is 6.15 Å². The second-order valence-electron chi connectivity index (χ2n) is 15.8. The first kappa shape index (κ1) is 34.5. The highest BCUT2D eigenvalue weighted by molar-refractivity contribution is 7.20. The van der Waals surface area contributed by atoms with E-state index in [1.165, 1.54) is 49.7 Å². The van der Waals surface area contributed by atoms with Gasteiger partial charge in [-0.15, -0.1) is 0 Å². The predicted octanol–water partition coefficient (Wildman–Crippen LogP) is 8.34. The first-order valence-electron chi connectivity index (χ1n) is 16.3. The molecule has 0 amide bonds. The Labute approximate surface area is 277 Å². The zero-order valence-corrected chi connectivity index (χ0v) is 31.4. The van der Waals surface area contributed by atoms with Crippen LogP contribution in [0.2, 0.25) is 0 Å². The van der Waals surface area contributed by atoms with Gasteiger partial charge in [0.05, 0.1) is 0 Å². The van der Waals surface area contributed by atoms with Gasteiger partial charge in [-0.25, -0.2) is 0 Å². The summed E-state index contributed by atoms with van der Waals surface area (Å²) in [5, 5.41) is 0. The lowest BCUT2D eigenvalue weighted by Crippen LogP contribution is -2.75. The fourth-order valence-corrected chi connectivity index (χ4v) is 7.66. The zero-order valence-electron chi connectivity index (χ0n) is 29.4. The standard InChI is InChI=1S/C43H50B.H3P/c1-41(2,3)37-31-38(36(30-32-22-14-10-15-23-32)39(42(4,5)6)40(37)43(7,8)9)44(33-24-16-11-17-25-33,34-26-18-12-19-27-34)35-28-20-13-21-29-35;/h10-29,31H,30H2,1-9H3;1H3/q-1;/p+1. The molecule has 5 aromatic rings. The van der Waals surface area contributed by atoms with Gasteiger partial charge in [-0.05, 0) is 54.8 Å². The SMILES string of the molecule is CC(C)(C)c1cc([B-](c2ccccc2)(c2ccccc2)c2ccccc2)c(Cc2ccccc2)c(C(C)(C)C)c1C(C)(C)C.[PH4+]. The van der Waals surface area contributed by atoms with Gasteiger partial charge in [-0.3, -0.25) is 0 Å². The van der Waals surface area contributed by atoms with Crippen molar-refractivity contribution in [1.29, 1.82) is 0 Å². The number of hydrogen-bond acceptors (Lipinski definition) is 0. The highest BCUT2D eigenvalue weighted by Gasteiger charge is 2.40. The lowest BCUT2D eigenvalue weighted by Gasteiger charge is -2.49. The van der Waals surface area contributed by atoms with E-state index in [1.54, 1.807) is 0 Å². The number of benzene rings is 5. The molecule has 45 heavy (non-hydrogen) atoms. The molecule has 0 fully saturated rings. The van der Waals surface area contributed by atoms with Crippen LogP contribution in [0.25, 0.3) is 0 Å². The maximum Gasteiger partial charge on any atom is 0.108 e. The van der Waals surface area contributed by atoms with E-state index in [0.717, 1.165) is 6.42 Å². The van der Waals surface area contributed by atoms with Crippen molar-refractivity contribution in [1.82, 2.24) is 0 Å². The largest absolute Gasteiger partial charge is 0.195 e. The van der Waals surface area contributed by atoms with Gasteiger partial charge in [-0.2, -0.15) is 21.9 Å². The Bertz CT molecular complexity index is 1590. The van der Waals surface area contributed by atoms with E-state index < -0.39 is 6.15 Å². The van der Waals surface area contributed by atoms with E-state index in [2.05, 4.69) is 190 Å². The summed E-state index contributed by atoms with van der Waals surface area (Å²) in [5.74, 6) is 0. The van der Waals surface area contributed by atoms with Gasteiger partial charge in [0.15, 0.2) is 0 Å². The van der Waals surface area contributed by atoms with Crippen LogP contribution >= 0.6 is 9.90 Å². The molecule has 0 saturated heterocycles. The van der Waals surface area contributed by atoms with Crippen LogP contribution in [-0.2, 0) is 22.7 Å². The Kier molecular flexibility index (Phi) is 10.1. The monoisotopic (exact) mass is 612 g/mol. The first-order valence-corrected chi connectivity index (χ1v) is 16.3. The van der Waals surface area contributed by atoms with Crippen molar-refractivity contribution in [2.75, 3.05) is 0 Å². The third kappa shape index (κ3) is 6.76. The maximum absolute atomic E-state index is 2.64. The molecule has 0 radical (unpaired) electrons. The van der Waals surface area contributed by atoms with Crippen LogP contribution in [0, 0.1) is 0 Å². The Morgan fingerprint density at radius 3 is 1.13 bits per heavy atom. The summed E-state index contributed by atoms with van der Waals surface area (Å²) in [6.07, 6.45) is -0.667.